The van der Waals surface area contributed by atoms with E-state index in [0.29, 0.717) is 31.4 Å². The molecular formula is C27H38FNO6. The average Bonchev–Trinajstić information content (AvgIpc) is 3.02. The molecule has 0 aromatic carbocycles. The SMILES string of the molecule is CCCCNC(=O)O[C@]1(C(=O)CO)[C@@H](C)C[C@H]2[C@@H]3CCC4=CC(=O)C=C[C@]4(C)[C@@]3(F)[C@@H](O)C[C@@]21C. The van der Waals surface area contributed by atoms with Crippen LogP contribution in [0.3, 0.4) is 0 Å². The molecule has 8 heteroatoms. The van der Waals surface area contributed by atoms with Gasteiger partial charge in [-0.25, -0.2) is 9.18 Å². The molecule has 0 unspecified atom stereocenters. The maximum absolute atomic E-state index is 17.3. The Hall–Kier alpha value is -2.06. The van der Waals surface area contributed by atoms with Crippen molar-refractivity contribution in [1.29, 1.82) is 0 Å². The number of hydrogen-bond donors (Lipinski definition) is 3. The van der Waals surface area contributed by atoms with Gasteiger partial charge >= 0.3 is 6.09 Å². The van der Waals surface area contributed by atoms with E-state index in [9.17, 15) is 24.6 Å². The Morgan fingerprint density at radius 3 is 2.66 bits per heavy atom. The van der Waals surface area contributed by atoms with Crippen LogP contribution >= 0.6 is 0 Å². The highest BCUT2D eigenvalue weighted by molar-refractivity contribution is 6.01. The van der Waals surface area contributed by atoms with E-state index in [1.165, 1.54) is 12.2 Å². The topological polar surface area (TPSA) is 113 Å². The van der Waals surface area contributed by atoms with Crippen LogP contribution in [0.15, 0.2) is 23.8 Å². The van der Waals surface area contributed by atoms with Crippen LogP contribution in [0.1, 0.15) is 66.2 Å². The third-order valence-electron chi connectivity index (χ3n) is 9.79. The molecule has 0 aromatic rings. The van der Waals surface area contributed by atoms with E-state index in [4.69, 9.17) is 4.74 Å². The van der Waals surface area contributed by atoms with Crippen molar-refractivity contribution >= 4 is 17.7 Å². The maximum Gasteiger partial charge on any atom is 0.408 e. The number of ketones is 2. The summed E-state index contributed by atoms with van der Waals surface area (Å²) in [5.74, 6) is -2.26. The Balaban J connectivity index is 1.76. The quantitative estimate of drug-likeness (QED) is 0.491. The van der Waals surface area contributed by atoms with E-state index in [2.05, 4.69) is 5.32 Å². The molecule has 194 valence electrons. The van der Waals surface area contributed by atoms with Gasteiger partial charge in [0.2, 0.25) is 5.78 Å². The summed E-state index contributed by atoms with van der Waals surface area (Å²) in [6, 6.07) is 0. The van der Waals surface area contributed by atoms with Gasteiger partial charge in [0.15, 0.2) is 17.1 Å². The van der Waals surface area contributed by atoms with Gasteiger partial charge in [-0.2, -0.15) is 0 Å². The lowest BCUT2D eigenvalue weighted by atomic mass is 9.44. The molecule has 0 heterocycles. The number of allylic oxidation sites excluding steroid dienone is 4. The summed E-state index contributed by atoms with van der Waals surface area (Å²) in [5, 5.41) is 24.1. The van der Waals surface area contributed by atoms with Crippen molar-refractivity contribution in [2.45, 2.75) is 83.6 Å². The number of unbranched alkanes of at least 4 members (excludes halogenated alkanes) is 1. The summed E-state index contributed by atoms with van der Waals surface area (Å²) >= 11 is 0. The number of alkyl halides is 1. The molecule has 0 bridgehead atoms. The van der Waals surface area contributed by atoms with E-state index in [-0.39, 0.29) is 18.1 Å². The molecule has 0 spiro atoms. The average molecular weight is 492 g/mol. The summed E-state index contributed by atoms with van der Waals surface area (Å²) in [4.78, 5) is 38.2. The summed E-state index contributed by atoms with van der Waals surface area (Å²) in [5.41, 5.74) is -5.25. The van der Waals surface area contributed by atoms with Gasteiger partial charge in [0.25, 0.3) is 0 Å². The van der Waals surface area contributed by atoms with Gasteiger partial charge in [0.1, 0.15) is 6.61 Å². The molecule has 3 N–H and O–H groups in total. The first kappa shape index (κ1) is 26.0. The van der Waals surface area contributed by atoms with Gasteiger partial charge < -0.3 is 20.3 Å². The number of aliphatic hydroxyl groups is 2. The molecule has 0 radical (unpaired) electrons. The predicted octanol–water partition coefficient (Wildman–Crippen LogP) is 3.43. The van der Waals surface area contributed by atoms with Crippen LogP contribution in [-0.2, 0) is 14.3 Å². The van der Waals surface area contributed by atoms with Crippen LogP contribution in [0.2, 0.25) is 0 Å². The van der Waals surface area contributed by atoms with Gasteiger partial charge in [-0.3, -0.25) is 9.59 Å². The highest BCUT2D eigenvalue weighted by Crippen LogP contribution is 2.71. The first-order chi connectivity index (χ1) is 16.4. The van der Waals surface area contributed by atoms with Gasteiger partial charge in [-0.05, 0) is 57.1 Å². The largest absolute Gasteiger partial charge is 0.434 e. The molecule has 4 aliphatic carbocycles. The lowest BCUT2D eigenvalue weighted by Gasteiger charge is -2.62. The lowest BCUT2D eigenvalue weighted by molar-refractivity contribution is -0.219. The summed E-state index contributed by atoms with van der Waals surface area (Å²) in [6.45, 7) is 6.91. The fourth-order valence-corrected chi connectivity index (χ4v) is 8.07. The van der Waals surface area contributed by atoms with Gasteiger partial charge in [-0.1, -0.05) is 38.8 Å². The highest BCUT2D eigenvalue weighted by atomic mass is 19.1. The molecule has 35 heavy (non-hydrogen) atoms. The van der Waals surface area contributed by atoms with Crippen LogP contribution < -0.4 is 5.32 Å². The van der Waals surface area contributed by atoms with E-state index in [1.807, 2.05) is 6.92 Å². The van der Waals surface area contributed by atoms with Gasteiger partial charge in [0.05, 0.1) is 6.10 Å². The number of aliphatic hydroxyl groups excluding tert-OH is 2. The fraction of sp³-hybridized carbons (Fsp3) is 0.741. The summed E-state index contributed by atoms with van der Waals surface area (Å²) in [6.07, 6.45) is 5.11. The number of carbonyl (C=O) groups is 3. The van der Waals surface area contributed by atoms with Crippen molar-refractivity contribution in [1.82, 2.24) is 5.32 Å². The fourth-order valence-electron chi connectivity index (χ4n) is 8.07. The lowest BCUT2D eigenvalue weighted by Crippen LogP contribution is -2.70. The number of Topliss-reactive ketones (excluding diaryl/α,β-unsaturated/α-hetero) is 1. The molecule has 1 amide bonds. The summed E-state index contributed by atoms with van der Waals surface area (Å²) < 4.78 is 23.2. The van der Waals surface area contributed by atoms with Crippen molar-refractivity contribution in [2.24, 2.45) is 28.6 Å². The second-order valence-electron chi connectivity index (χ2n) is 11.4. The minimum absolute atomic E-state index is 0.104. The van der Waals surface area contributed by atoms with Crippen molar-refractivity contribution in [2.75, 3.05) is 13.2 Å². The minimum Gasteiger partial charge on any atom is -0.434 e. The number of halogens is 1. The molecule has 0 aliphatic heterocycles. The third-order valence-corrected chi connectivity index (χ3v) is 9.79. The van der Waals surface area contributed by atoms with Crippen molar-refractivity contribution in [3.05, 3.63) is 23.8 Å². The van der Waals surface area contributed by atoms with Gasteiger partial charge in [-0.15, -0.1) is 0 Å². The van der Waals surface area contributed by atoms with Crippen LogP contribution in [0.5, 0.6) is 0 Å². The molecule has 0 aromatic heterocycles. The molecule has 0 saturated heterocycles. The van der Waals surface area contributed by atoms with Crippen LogP contribution in [-0.4, -0.2) is 58.4 Å². The Bertz CT molecular complexity index is 979. The van der Waals surface area contributed by atoms with E-state index >= 15 is 4.39 Å². The zero-order chi connectivity index (χ0) is 25.8. The smallest absolute Gasteiger partial charge is 0.408 e. The van der Waals surface area contributed by atoms with E-state index in [1.54, 1.807) is 26.8 Å². The number of alkyl carbamates (subject to hydrolysis) is 1. The van der Waals surface area contributed by atoms with Crippen molar-refractivity contribution < 1.29 is 33.7 Å². The molecule has 3 saturated carbocycles. The van der Waals surface area contributed by atoms with E-state index < -0.39 is 58.5 Å². The number of amides is 1. The number of hydrogen-bond acceptors (Lipinski definition) is 6. The molecule has 4 aliphatic rings. The third kappa shape index (κ3) is 3.39. The van der Waals surface area contributed by atoms with E-state index in [0.717, 1.165) is 12.8 Å². The Morgan fingerprint density at radius 2 is 2.00 bits per heavy atom. The van der Waals surface area contributed by atoms with Crippen molar-refractivity contribution in [3.63, 3.8) is 0 Å². The Kier molecular flexibility index (Phi) is 6.54. The van der Waals surface area contributed by atoms with Crippen LogP contribution in [0.25, 0.3) is 0 Å². The first-order valence-corrected chi connectivity index (χ1v) is 12.8. The van der Waals surface area contributed by atoms with Gasteiger partial charge in [0, 0.05) is 29.2 Å². The van der Waals surface area contributed by atoms with Crippen LogP contribution in [0.4, 0.5) is 9.18 Å². The van der Waals surface area contributed by atoms with Crippen molar-refractivity contribution in [3.8, 4) is 0 Å². The first-order valence-electron chi connectivity index (χ1n) is 12.8. The normalized spacial score (nSPS) is 44.1. The zero-order valence-corrected chi connectivity index (χ0v) is 21.1. The number of ether oxygens (including phenoxy) is 1. The number of nitrogens with one attached hydrogen (secondary N) is 1. The second-order valence-corrected chi connectivity index (χ2v) is 11.4. The monoisotopic (exact) mass is 491 g/mol. The highest BCUT2D eigenvalue weighted by Gasteiger charge is 2.77. The predicted molar refractivity (Wildman–Crippen MR) is 127 cm³/mol. The Labute approximate surface area is 206 Å². The minimum atomic E-state index is -2.04. The summed E-state index contributed by atoms with van der Waals surface area (Å²) in [7, 11) is 0. The number of carbonyl (C=O) groups excluding carboxylic acids is 3. The number of rotatable bonds is 6. The molecule has 8 atom stereocenters. The number of fused-ring (bicyclic) bond motifs is 5. The second kappa shape index (κ2) is 8.80. The molecule has 3 fully saturated rings. The Morgan fingerprint density at radius 1 is 1.29 bits per heavy atom. The zero-order valence-electron chi connectivity index (χ0n) is 21.1. The standard InChI is InChI=1S/C27H38FNO6/c1-5-6-11-29-23(34)35-27(22(33)15-30)16(2)12-20-19-8-7-17-13-18(31)9-10-24(17,3)26(19,28)21(32)14-25(20,27)4/h9-10,13,16,19-21,30,32H,5-8,11-12,14-15H2,1-4H3,(H,29,34)/t16-,19-,20-,21-,24-,25-,26-,27-/m0/s1. The molecular weight excluding hydrogens is 453 g/mol. The molecule has 7 nitrogen and oxygen atoms in total. The molecule has 4 rings (SSSR count). The maximum atomic E-state index is 17.3. The van der Waals surface area contributed by atoms with Crippen LogP contribution in [0, 0.1) is 28.6 Å².